The molecule has 3 aromatic rings. The van der Waals surface area contributed by atoms with Gasteiger partial charge < -0.3 is 4.42 Å². The summed E-state index contributed by atoms with van der Waals surface area (Å²) in [7, 11) is 0. The van der Waals surface area contributed by atoms with Crippen LogP contribution in [0.15, 0.2) is 46.9 Å². The fourth-order valence-corrected chi connectivity index (χ4v) is 2.62. The van der Waals surface area contributed by atoms with Gasteiger partial charge in [-0.3, -0.25) is 20.4 Å². The Hall–Kier alpha value is -2.79. The first kappa shape index (κ1) is 16.1. The lowest BCUT2D eigenvalue weighted by atomic mass is 10.1. The minimum absolute atomic E-state index is 0.0909. The summed E-state index contributed by atoms with van der Waals surface area (Å²) in [6.45, 7) is 3.79. The Morgan fingerprint density at radius 1 is 0.958 bits per heavy atom. The number of hydrazine groups is 1. The van der Waals surface area contributed by atoms with E-state index in [1.807, 2.05) is 26.0 Å². The van der Waals surface area contributed by atoms with Crippen molar-refractivity contribution in [3.63, 3.8) is 0 Å². The average Bonchev–Trinajstić information content (AvgIpc) is 2.95. The molecule has 2 N–H and O–H groups in total. The minimum atomic E-state index is -0.541. The highest BCUT2D eigenvalue weighted by Gasteiger charge is 2.15. The van der Waals surface area contributed by atoms with Crippen LogP contribution in [-0.4, -0.2) is 11.8 Å². The summed E-state index contributed by atoms with van der Waals surface area (Å²) in [5.74, 6) is -0.839. The van der Waals surface area contributed by atoms with Crippen LogP contribution < -0.4 is 10.9 Å². The molecule has 1 heterocycles. The fraction of sp³-hybridized carbons (Fsp3) is 0.111. The SMILES string of the molecule is Cc1ccc(C(=O)NNC(=O)c2cc3cc(Cl)ccc3o2)c(C)c1. The van der Waals surface area contributed by atoms with Crippen molar-refractivity contribution in [1.29, 1.82) is 0 Å². The van der Waals surface area contributed by atoms with Crippen molar-refractivity contribution >= 4 is 34.4 Å². The van der Waals surface area contributed by atoms with Gasteiger partial charge in [-0.05, 0) is 49.7 Å². The second-order valence-corrected chi connectivity index (χ2v) is 5.96. The van der Waals surface area contributed by atoms with E-state index in [1.165, 1.54) is 0 Å². The molecule has 3 rings (SSSR count). The predicted molar refractivity (Wildman–Crippen MR) is 92.1 cm³/mol. The topological polar surface area (TPSA) is 71.3 Å². The summed E-state index contributed by atoms with van der Waals surface area (Å²) in [5.41, 5.74) is 7.68. The van der Waals surface area contributed by atoms with Crippen LogP contribution in [-0.2, 0) is 0 Å². The van der Waals surface area contributed by atoms with E-state index in [9.17, 15) is 9.59 Å². The summed E-state index contributed by atoms with van der Waals surface area (Å²) in [4.78, 5) is 24.3. The largest absolute Gasteiger partial charge is 0.451 e. The molecule has 0 saturated heterocycles. The molecule has 122 valence electrons. The number of benzene rings is 2. The van der Waals surface area contributed by atoms with Gasteiger partial charge in [-0.25, -0.2) is 0 Å². The molecule has 5 nitrogen and oxygen atoms in total. The zero-order chi connectivity index (χ0) is 17.3. The maximum atomic E-state index is 12.2. The van der Waals surface area contributed by atoms with E-state index in [0.717, 1.165) is 11.1 Å². The number of fused-ring (bicyclic) bond motifs is 1. The number of halogens is 1. The lowest BCUT2D eigenvalue weighted by molar-refractivity contribution is 0.0832. The molecule has 0 bridgehead atoms. The summed E-state index contributed by atoms with van der Waals surface area (Å²) >= 11 is 5.90. The molecule has 2 amide bonds. The van der Waals surface area contributed by atoms with E-state index >= 15 is 0 Å². The molecule has 0 radical (unpaired) electrons. The van der Waals surface area contributed by atoms with Crippen molar-refractivity contribution in [3.05, 3.63) is 69.9 Å². The van der Waals surface area contributed by atoms with Gasteiger partial charge in [0.1, 0.15) is 5.58 Å². The number of carbonyl (C=O) groups is 2. The minimum Gasteiger partial charge on any atom is -0.451 e. The number of furan rings is 1. The van der Waals surface area contributed by atoms with Gasteiger partial charge in [-0.2, -0.15) is 0 Å². The van der Waals surface area contributed by atoms with Gasteiger partial charge >= 0.3 is 5.91 Å². The maximum Gasteiger partial charge on any atom is 0.305 e. The number of rotatable bonds is 2. The molecule has 6 heteroatoms. The normalized spacial score (nSPS) is 10.6. The molecule has 24 heavy (non-hydrogen) atoms. The van der Waals surface area contributed by atoms with Gasteiger partial charge in [0.25, 0.3) is 5.91 Å². The monoisotopic (exact) mass is 342 g/mol. The van der Waals surface area contributed by atoms with Crippen LogP contribution in [0.5, 0.6) is 0 Å². The van der Waals surface area contributed by atoms with Crippen LogP contribution in [0.1, 0.15) is 32.0 Å². The van der Waals surface area contributed by atoms with Crippen LogP contribution in [0.3, 0.4) is 0 Å². The van der Waals surface area contributed by atoms with E-state index < -0.39 is 5.91 Å². The molecule has 0 aliphatic heterocycles. The standard InChI is InChI=1S/C18H15ClN2O3/c1-10-3-5-14(11(2)7-10)17(22)20-21-18(23)16-9-12-8-13(19)4-6-15(12)24-16/h3-9H,1-2H3,(H,20,22)(H,21,23). The Balaban J connectivity index is 1.71. The summed E-state index contributed by atoms with van der Waals surface area (Å²) in [6.07, 6.45) is 0. The third kappa shape index (κ3) is 3.26. The quantitative estimate of drug-likeness (QED) is 0.696. The van der Waals surface area contributed by atoms with Crippen LogP contribution >= 0.6 is 11.6 Å². The van der Waals surface area contributed by atoms with E-state index in [4.69, 9.17) is 16.0 Å². The van der Waals surface area contributed by atoms with Gasteiger partial charge in [-0.15, -0.1) is 0 Å². The summed E-state index contributed by atoms with van der Waals surface area (Å²) in [5, 5.41) is 1.27. The van der Waals surface area contributed by atoms with Crippen LogP contribution in [0.25, 0.3) is 11.0 Å². The van der Waals surface area contributed by atoms with E-state index in [2.05, 4.69) is 10.9 Å². The van der Waals surface area contributed by atoms with E-state index in [1.54, 1.807) is 30.3 Å². The third-order valence-electron chi connectivity index (χ3n) is 3.62. The molecule has 1 aromatic heterocycles. The smallest absolute Gasteiger partial charge is 0.305 e. The zero-order valence-electron chi connectivity index (χ0n) is 13.1. The van der Waals surface area contributed by atoms with Gasteiger partial charge in [0.15, 0.2) is 5.76 Å². The first-order chi connectivity index (χ1) is 11.4. The Morgan fingerprint density at radius 2 is 1.71 bits per heavy atom. The van der Waals surface area contributed by atoms with Crippen LogP contribution in [0, 0.1) is 13.8 Å². The maximum absolute atomic E-state index is 12.2. The number of amides is 2. The van der Waals surface area contributed by atoms with Crippen molar-refractivity contribution in [2.24, 2.45) is 0 Å². The molecule has 0 unspecified atom stereocenters. The van der Waals surface area contributed by atoms with Crippen LogP contribution in [0.4, 0.5) is 0 Å². The Morgan fingerprint density at radius 3 is 2.46 bits per heavy atom. The van der Waals surface area contributed by atoms with Crippen LogP contribution in [0.2, 0.25) is 5.02 Å². The molecule has 0 atom stereocenters. The van der Waals surface area contributed by atoms with Crippen molar-refractivity contribution in [2.75, 3.05) is 0 Å². The van der Waals surface area contributed by atoms with Gasteiger partial charge in [0.05, 0.1) is 0 Å². The Kier molecular flexibility index (Phi) is 4.27. The van der Waals surface area contributed by atoms with E-state index in [-0.39, 0.29) is 11.7 Å². The highest BCUT2D eigenvalue weighted by atomic mass is 35.5. The number of hydrogen-bond acceptors (Lipinski definition) is 3. The third-order valence-corrected chi connectivity index (χ3v) is 3.85. The van der Waals surface area contributed by atoms with Gasteiger partial charge in [-0.1, -0.05) is 29.3 Å². The fourth-order valence-electron chi connectivity index (χ4n) is 2.44. The number of aryl methyl sites for hydroxylation is 2. The van der Waals surface area contributed by atoms with Crippen molar-refractivity contribution in [2.45, 2.75) is 13.8 Å². The summed E-state index contributed by atoms with van der Waals surface area (Å²) < 4.78 is 5.44. The highest BCUT2D eigenvalue weighted by Crippen LogP contribution is 2.22. The van der Waals surface area contributed by atoms with Crippen molar-refractivity contribution < 1.29 is 14.0 Å². The van der Waals surface area contributed by atoms with Gasteiger partial charge in [0, 0.05) is 16.0 Å². The zero-order valence-corrected chi connectivity index (χ0v) is 13.9. The number of carbonyl (C=O) groups excluding carboxylic acids is 2. The first-order valence-corrected chi connectivity index (χ1v) is 7.69. The van der Waals surface area contributed by atoms with Crippen molar-refractivity contribution in [1.82, 2.24) is 10.9 Å². The lowest BCUT2D eigenvalue weighted by Gasteiger charge is -2.08. The second-order valence-electron chi connectivity index (χ2n) is 5.52. The predicted octanol–water partition coefficient (Wildman–Crippen LogP) is 3.78. The van der Waals surface area contributed by atoms with Gasteiger partial charge in [0.2, 0.25) is 0 Å². The summed E-state index contributed by atoms with van der Waals surface area (Å²) in [6, 6.07) is 12.1. The molecule has 0 spiro atoms. The molecule has 0 aliphatic carbocycles. The average molecular weight is 343 g/mol. The Labute approximate surface area is 143 Å². The van der Waals surface area contributed by atoms with E-state index in [0.29, 0.717) is 21.6 Å². The molecule has 2 aromatic carbocycles. The number of hydrogen-bond donors (Lipinski definition) is 2. The first-order valence-electron chi connectivity index (χ1n) is 7.31. The second kappa shape index (κ2) is 6.37. The molecule has 0 saturated carbocycles. The highest BCUT2D eigenvalue weighted by molar-refractivity contribution is 6.31. The molecule has 0 aliphatic rings. The lowest BCUT2D eigenvalue weighted by Crippen LogP contribution is -2.41. The molecular formula is C18H15ClN2O3. The molecule has 0 fully saturated rings. The van der Waals surface area contributed by atoms with Crippen molar-refractivity contribution in [3.8, 4) is 0 Å². The molecular weight excluding hydrogens is 328 g/mol. The Bertz CT molecular complexity index is 947. The number of nitrogens with one attached hydrogen (secondary N) is 2.